The van der Waals surface area contributed by atoms with E-state index in [-0.39, 0.29) is 38.9 Å². The molecule has 0 unspecified atom stereocenters. The molecule has 0 saturated heterocycles. The van der Waals surface area contributed by atoms with Gasteiger partial charge in [-0.25, -0.2) is 0 Å². The lowest BCUT2D eigenvalue weighted by Crippen LogP contribution is -2.34. The molecule has 0 spiro atoms. The van der Waals surface area contributed by atoms with Crippen molar-refractivity contribution in [1.82, 2.24) is 0 Å². The molecule has 0 amide bonds. The highest BCUT2D eigenvalue weighted by Gasteiger charge is 2.39. The van der Waals surface area contributed by atoms with Crippen LogP contribution in [-0.2, 0) is 0 Å². The molecule has 0 heterocycles. The second kappa shape index (κ2) is 27.9. The fourth-order valence-corrected chi connectivity index (χ4v) is 6.35. The predicted molar refractivity (Wildman–Crippen MR) is 278 cm³/mol. The van der Waals surface area contributed by atoms with E-state index >= 15 is 0 Å². The Morgan fingerprint density at radius 2 is 0.707 bits per heavy atom. The van der Waals surface area contributed by atoms with E-state index in [9.17, 15) is 0 Å². The summed E-state index contributed by atoms with van der Waals surface area (Å²) in [6, 6.07) is 0. The van der Waals surface area contributed by atoms with Crippen molar-refractivity contribution >= 4 is 0 Å². The quantitative estimate of drug-likeness (QED) is 0.260. The van der Waals surface area contributed by atoms with E-state index in [4.69, 9.17) is 15.1 Å². The Balaban J connectivity index is -0.000000232. The highest BCUT2D eigenvalue weighted by molar-refractivity contribution is 4.90. The van der Waals surface area contributed by atoms with Crippen LogP contribution < -0.4 is 0 Å². The molecule has 0 atom stereocenters. The second-order valence-electron chi connectivity index (χ2n) is 26.9. The lowest BCUT2D eigenvalue weighted by atomic mass is 9.61. The van der Waals surface area contributed by atoms with Crippen LogP contribution in [-0.4, -0.2) is 0 Å². The number of hydrogen-bond acceptors (Lipinski definition) is 0. The van der Waals surface area contributed by atoms with Gasteiger partial charge in [-0.3, -0.25) is 0 Å². The summed E-state index contributed by atoms with van der Waals surface area (Å²) < 4.78 is 82.9. The van der Waals surface area contributed by atoms with Crippen molar-refractivity contribution in [2.75, 3.05) is 0 Å². The zero-order chi connectivity index (χ0) is 57.9. The van der Waals surface area contributed by atoms with Gasteiger partial charge in [0.1, 0.15) is 0 Å². The normalized spacial score (nSPS) is 21.5. The Bertz CT molecular complexity index is 1240. The van der Waals surface area contributed by atoms with Crippen LogP contribution in [0.15, 0.2) is 0 Å². The summed E-state index contributed by atoms with van der Waals surface area (Å²) in [6.07, 6.45) is 6.21. The topological polar surface area (TPSA) is 0 Å². The van der Waals surface area contributed by atoms with Crippen LogP contribution in [0.1, 0.15) is 326 Å². The van der Waals surface area contributed by atoms with Gasteiger partial charge in [-0.15, -0.1) is 0 Å². The molecule has 0 heteroatoms. The molecule has 2 saturated carbocycles. The van der Waals surface area contributed by atoms with E-state index in [1.54, 1.807) is 27.7 Å². The van der Waals surface area contributed by atoms with Crippen LogP contribution >= 0.6 is 0 Å². The maximum atomic E-state index is 7.90. The van der Waals surface area contributed by atoms with E-state index in [0.717, 1.165) is 0 Å². The van der Waals surface area contributed by atoms with Gasteiger partial charge in [0.25, 0.3) is 0 Å². The van der Waals surface area contributed by atoms with Crippen molar-refractivity contribution in [3.05, 3.63) is 0 Å². The van der Waals surface area contributed by atoms with Crippen LogP contribution in [0.25, 0.3) is 0 Å². The summed E-state index contributed by atoms with van der Waals surface area (Å²) in [5.41, 5.74) is 0.665. The Morgan fingerprint density at radius 1 is 0.448 bits per heavy atom. The first-order valence-electron chi connectivity index (χ1n) is 29.1. The average molecular weight is 835 g/mol. The third-order valence-electron chi connectivity index (χ3n) is 11.5. The van der Waals surface area contributed by atoms with Crippen LogP contribution in [0.4, 0.5) is 0 Å². The van der Waals surface area contributed by atoms with E-state index < -0.39 is 37.3 Å². The Morgan fingerprint density at radius 3 is 0.776 bits per heavy atom. The summed E-state index contributed by atoms with van der Waals surface area (Å²) in [5.74, 6) is -0.222. The summed E-state index contributed by atoms with van der Waals surface area (Å²) in [7, 11) is 0. The molecule has 0 aromatic heterocycles. The van der Waals surface area contributed by atoms with Gasteiger partial charge in [0.15, 0.2) is 0 Å². The van der Waals surface area contributed by atoms with E-state index in [0.29, 0.717) is 21.7 Å². The first-order chi connectivity index (χ1) is 29.1. The van der Waals surface area contributed by atoms with Gasteiger partial charge in [0, 0.05) is 15.1 Å². The van der Waals surface area contributed by atoms with Gasteiger partial charge < -0.3 is 0 Å². The third-order valence-corrected chi connectivity index (χ3v) is 11.5. The monoisotopic (exact) mass is 834 g/mol. The van der Waals surface area contributed by atoms with Crippen molar-refractivity contribution in [2.45, 2.75) is 311 Å². The smallest absolute Gasteiger partial charge is 0.0302 e. The van der Waals surface area contributed by atoms with Gasteiger partial charge in [-0.05, 0) is 111 Å². The van der Waals surface area contributed by atoms with Gasteiger partial charge in [0.2, 0.25) is 0 Å². The first kappa shape index (κ1) is 46.0. The first-order valence-corrected chi connectivity index (χ1v) is 23.6. The summed E-state index contributed by atoms with van der Waals surface area (Å²) in [6.45, 7) is 64.3. The number of hydrogen-bond donors (Lipinski definition) is 0. The Kier molecular flexibility index (Phi) is 22.2. The van der Waals surface area contributed by atoms with Gasteiger partial charge in [-0.2, -0.15) is 0 Å². The fraction of sp³-hybridized carbons (Fsp3) is 1.00. The van der Waals surface area contributed by atoms with E-state index in [1.807, 2.05) is 111 Å². The van der Waals surface area contributed by atoms with Crippen LogP contribution in [0.2, 0.25) is 0 Å². The van der Waals surface area contributed by atoms with Crippen molar-refractivity contribution in [3.8, 4) is 0 Å². The minimum absolute atomic E-state index is 0.0903. The Hall–Kier alpha value is 0. The molecule has 0 N–H and O–H groups in total. The molecular formula is C58H126. The third kappa shape index (κ3) is 45.5. The second-order valence-corrected chi connectivity index (χ2v) is 26.9. The standard InChI is InChI=1S/C11H22.C10H20.C9H20.C8H18.2C7H16.C6H14/c1-10(2,3)11(4)8-6-5-7-9-11;1-9(2,3)10(4)7-5-6-8-10;1-8(2,3)7-9(4,5)6;1-7(2)6-8(3,4)5;1-6(2)7(3,4)5;1-5-6-7(2,3)4;1-5-6(2,3)4/h5-9H2,1-4H3;5-8H2,1-4H3;7H2,1-6H3;7H,6H2,1-5H3;6H,1-5H3;5-6H2,1-4H3;5H2,1-4H3/i;;7D2;6D2;6D;5D2,6D2;5D2. The highest BCUT2D eigenvalue weighted by atomic mass is 14.4. The average Bonchev–Trinajstić information content (AvgIpc) is 3.50. The molecule has 0 bridgehead atoms. The zero-order valence-corrected chi connectivity index (χ0v) is 46.9. The van der Waals surface area contributed by atoms with Crippen LogP contribution in [0.3, 0.4) is 0 Å². The molecule has 0 aliphatic heterocycles. The molecular weight excluding hydrogens is 697 g/mol. The van der Waals surface area contributed by atoms with Gasteiger partial charge in [0.05, 0.1) is 0 Å². The summed E-state index contributed by atoms with van der Waals surface area (Å²) >= 11 is 0. The number of rotatable bonds is 2. The van der Waals surface area contributed by atoms with E-state index in [2.05, 4.69) is 76.2 Å². The predicted octanol–water partition coefficient (Wildman–Crippen LogP) is 22.1. The molecule has 2 aliphatic carbocycles. The maximum absolute atomic E-state index is 7.90. The molecule has 358 valence electrons. The zero-order valence-electron chi connectivity index (χ0n) is 57.9. The molecule has 0 radical (unpaired) electrons. The Labute approximate surface area is 391 Å². The highest BCUT2D eigenvalue weighted by Crippen LogP contribution is 2.50. The van der Waals surface area contributed by atoms with E-state index in [1.165, 1.54) is 64.7 Å². The largest absolute Gasteiger partial charge is 0.0654 e. The molecule has 2 fully saturated rings. The SMILES string of the molecule is CC(C)(C)C1(C)CCCC1.CC(C)(C)C1(C)CCCCC1.[2H]C(C)(C)C(C)(C)C.[2H]C([2H])(C(C)(C)C)C(C)(C)C.[2H]C([2H])(C(C)C)C(C)(C)C.[2H]C([2H])(C)C(C)(C)C.[2H]C([2H])(C)C([2H])([2H])C(C)(C)C. The molecule has 2 rings (SSSR count). The van der Waals surface area contributed by atoms with Crippen molar-refractivity contribution in [2.24, 2.45) is 66.0 Å². The maximum Gasteiger partial charge on any atom is 0.0302 e. The van der Waals surface area contributed by atoms with Gasteiger partial charge >= 0.3 is 0 Å². The van der Waals surface area contributed by atoms with Crippen LogP contribution in [0, 0.1) is 66.0 Å². The fourth-order valence-electron chi connectivity index (χ4n) is 6.35. The lowest BCUT2D eigenvalue weighted by molar-refractivity contribution is 0.0601. The minimum atomic E-state index is -1.79. The van der Waals surface area contributed by atoms with Crippen molar-refractivity contribution in [3.63, 3.8) is 0 Å². The molecule has 0 nitrogen and oxygen atoms in total. The van der Waals surface area contributed by atoms with Crippen molar-refractivity contribution < 1.29 is 15.1 Å². The summed E-state index contributed by atoms with van der Waals surface area (Å²) in [4.78, 5) is 0. The molecule has 2 aliphatic rings. The molecule has 0 aromatic rings. The summed E-state index contributed by atoms with van der Waals surface area (Å²) in [5, 5.41) is 0. The van der Waals surface area contributed by atoms with Gasteiger partial charge in [-0.1, -0.05) is 266 Å². The van der Waals surface area contributed by atoms with Crippen molar-refractivity contribution in [1.29, 1.82) is 0 Å². The lowest BCUT2D eigenvalue weighted by Gasteiger charge is -2.45. The van der Waals surface area contributed by atoms with Crippen LogP contribution in [0.5, 0.6) is 0 Å². The molecule has 58 heavy (non-hydrogen) atoms. The molecule has 0 aromatic carbocycles. The minimum Gasteiger partial charge on any atom is -0.0654 e.